The van der Waals surface area contributed by atoms with E-state index in [1.165, 1.54) is 0 Å². The van der Waals surface area contributed by atoms with Crippen LogP contribution in [0, 0.1) is 18.3 Å². The summed E-state index contributed by atoms with van der Waals surface area (Å²) >= 11 is 5.68. The molecule has 0 aliphatic rings. The maximum absolute atomic E-state index is 8.64. The standard InChI is InChI=1S/C7H7ClN4/c1-4-2-6(12-10)11-7(8)5(4)3-9/h2H,10H2,1H3,(H,11,12). The third-order valence-electron chi connectivity index (χ3n) is 1.43. The molecule has 1 aromatic heterocycles. The normalized spacial score (nSPS) is 9.17. The topological polar surface area (TPSA) is 74.7 Å². The fourth-order valence-electron chi connectivity index (χ4n) is 0.842. The first-order valence-electron chi connectivity index (χ1n) is 3.23. The average Bonchev–Trinajstić information content (AvgIpc) is 2.03. The van der Waals surface area contributed by atoms with E-state index in [1.807, 2.05) is 6.07 Å². The summed E-state index contributed by atoms with van der Waals surface area (Å²) in [5, 5.41) is 8.81. The van der Waals surface area contributed by atoms with Gasteiger partial charge >= 0.3 is 0 Å². The molecule has 1 heterocycles. The van der Waals surface area contributed by atoms with Gasteiger partial charge in [-0.25, -0.2) is 10.8 Å². The number of halogens is 1. The number of hydrogen-bond donors (Lipinski definition) is 2. The summed E-state index contributed by atoms with van der Waals surface area (Å²) < 4.78 is 0. The van der Waals surface area contributed by atoms with Crippen molar-refractivity contribution in [3.63, 3.8) is 0 Å². The Morgan fingerprint density at radius 2 is 2.42 bits per heavy atom. The summed E-state index contributed by atoms with van der Waals surface area (Å²) in [6.45, 7) is 1.77. The largest absolute Gasteiger partial charge is 0.308 e. The van der Waals surface area contributed by atoms with Gasteiger partial charge in [0.15, 0.2) is 0 Å². The van der Waals surface area contributed by atoms with E-state index in [0.717, 1.165) is 5.56 Å². The van der Waals surface area contributed by atoms with Crippen LogP contribution >= 0.6 is 11.6 Å². The molecular weight excluding hydrogens is 176 g/mol. The van der Waals surface area contributed by atoms with Gasteiger partial charge in [-0.2, -0.15) is 5.26 Å². The van der Waals surface area contributed by atoms with E-state index in [2.05, 4.69) is 10.4 Å². The van der Waals surface area contributed by atoms with Crippen molar-refractivity contribution in [2.24, 2.45) is 5.84 Å². The monoisotopic (exact) mass is 182 g/mol. The molecule has 0 amide bonds. The van der Waals surface area contributed by atoms with Crippen LogP contribution in [-0.4, -0.2) is 4.98 Å². The van der Waals surface area contributed by atoms with Crippen molar-refractivity contribution < 1.29 is 0 Å². The Morgan fingerprint density at radius 3 is 2.83 bits per heavy atom. The van der Waals surface area contributed by atoms with Crippen LogP contribution < -0.4 is 11.3 Å². The van der Waals surface area contributed by atoms with Gasteiger partial charge in [-0.05, 0) is 18.6 Å². The number of nitrogens with zero attached hydrogens (tertiary/aromatic N) is 2. The number of aryl methyl sites for hydroxylation is 1. The predicted octanol–water partition coefficient (Wildman–Crippen LogP) is 1.20. The molecule has 0 aromatic carbocycles. The number of hydrazine groups is 1. The molecule has 0 bridgehead atoms. The molecule has 0 unspecified atom stereocenters. The number of anilines is 1. The summed E-state index contributed by atoms with van der Waals surface area (Å²) in [7, 11) is 0. The summed E-state index contributed by atoms with van der Waals surface area (Å²) in [6.07, 6.45) is 0. The fraction of sp³-hybridized carbons (Fsp3) is 0.143. The number of nitrogens with two attached hydrogens (primary N) is 1. The van der Waals surface area contributed by atoms with Gasteiger partial charge in [0.05, 0.1) is 5.56 Å². The zero-order valence-electron chi connectivity index (χ0n) is 6.43. The summed E-state index contributed by atoms with van der Waals surface area (Å²) in [4.78, 5) is 3.83. The molecule has 0 saturated heterocycles. The number of nitriles is 1. The van der Waals surface area contributed by atoms with Crippen molar-refractivity contribution in [2.75, 3.05) is 5.43 Å². The van der Waals surface area contributed by atoms with Crippen LogP contribution in [0.5, 0.6) is 0 Å². The number of aromatic nitrogens is 1. The third kappa shape index (κ3) is 1.47. The molecule has 0 saturated carbocycles. The highest BCUT2D eigenvalue weighted by atomic mass is 35.5. The van der Waals surface area contributed by atoms with Crippen molar-refractivity contribution in [1.29, 1.82) is 5.26 Å². The third-order valence-corrected chi connectivity index (χ3v) is 1.71. The van der Waals surface area contributed by atoms with Crippen molar-refractivity contribution >= 4 is 17.4 Å². The minimum absolute atomic E-state index is 0.172. The zero-order chi connectivity index (χ0) is 9.14. The Bertz CT molecular complexity index is 319. The molecule has 5 heteroatoms. The maximum atomic E-state index is 8.64. The highest BCUT2D eigenvalue weighted by Gasteiger charge is 2.06. The molecule has 0 aliphatic heterocycles. The lowest BCUT2D eigenvalue weighted by Gasteiger charge is -2.03. The molecule has 0 aliphatic carbocycles. The van der Waals surface area contributed by atoms with Gasteiger partial charge in [0.2, 0.25) is 0 Å². The molecular formula is C7H7ClN4. The Morgan fingerprint density at radius 1 is 1.75 bits per heavy atom. The summed E-state index contributed by atoms with van der Waals surface area (Å²) in [5.41, 5.74) is 3.49. The highest BCUT2D eigenvalue weighted by Crippen LogP contribution is 2.19. The minimum Gasteiger partial charge on any atom is -0.308 e. The molecule has 12 heavy (non-hydrogen) atoms. The van der Waals surface area contributed by atoms with Crippen molar-refractivity contribution in [3.05, 3.63) is 22.3 Å². The molecule has 0 radical (unpaired) electrons. The SMILES string of the molecule is Cc1cc(NN)nc(Cl)c1C#N. The van der Waals surface area contributed by atoms with Crippen LogP contribution in [0.2, 0.25) is 5.15 Å². The van der Waals surface area contributed by atoms with Crippen LogP contribution in [-0.2, 0) is 0 Å². The van der Waals surface area contributed by atoms with E-state index in [-0.39, 0.29) is 5.15 Å². The van der Waals surface area contributed by atoms with E-state index < -0.39 is 0 Å². The smallest absolute Gasteiger partial charge is 0.149 e. The predicted molar refractivity (Wildman–Crippen MR) is 46.5 cm³/mol. The minimum atomic E-state index is 0.172. The first-order chi connectivity index (χ1) is 5.69. The van der Waals surface area contributed by atoms with Crippen LogP contribution in [0.1, 0.15) is 11.1 Å². The number of pyridine rings is 1. The molecule has 3 N–H and O–H groups in total. The second-order valence-electron chi connectivity index (χ2n) is 2.25. The first kappa shape index (κ1) is 8.78. The lowest BCUT2D eigenvalue weighted by molar-refractivity contribution is 1.19. The number of nitrogen functional groups attached to an aromatic ring is 1. The quantitative estimate of drug-likeness (QED) is 0.389. The number of nitrogens with one attached hydrogen (secondary N) is 1. The summed E-state index contributed by atoms with van der Waals surface area (Å²) in [5.74, 6) is 5.58. The van der Waals surface area contributed by atoms with Gasteiger partial charge in [-0.3, -0.25) is 0 Å². The zero-order valence-corrected chi connectivity index (χ0v) is 7.18. The molecule has 0 atom stereocenters. The van der Waals surface area contributed by atoms with Gasteiger partial charge in [-0.15, -0.1) is 0 Å². The average molecular weight is 183 g/mol. The number of hydrogen-bond acceptors (Lipinski definition) is 4. The lowest BCUT2D eigenvalue weighted by atomic mass is 10.2. The molecule has 1 rings (SSSR count). The second-order valence-corrected chi connectivity index (χ2v) is 2.60. The Labute approximate surface area is 74.9 Å². The van der Waals surface area contributed by atoms with Gasteiger partial charge < -0.3 is 5.43 Å². The van der Waals surface area contributed by atoms with Gasteiger partial charge in [-0.1, -0.05) is 11.6 Å². The highest BCUT2D eigenvalue weighted by molar-refractivity contribution is 6.30. The van der Waals surface area contributed by atoms with Gasteiger partial charge in [0, 0.05) is 0 Å². The van der Waals surface area contributed by atoms with Gasteiger partial charge in [0.1, 0.15) is 17.0 Å². The Hall–Kier alpha value is -1.31. The molecule has 0 spiro atoms. The van der Waals surface area contributed by atoms with Crippen molar-refractivity contribution in [3.8, 4) is 6.07 Å². The first-order valence-corrected chi connectivity index (χ1v) is 3.60. The molecule has 4 nitrogen and oxygen atoms in total. The van der Waals surface area contributed by atoms with E-state index in [9.17, 15) is 0 Å². The van der Waals surface area contributed by atoms with E-state index in [4.69, 9.17) is 22.7 Å². The molecule has 0 fully saturated rings. The molecule has 62 valence electrons. The van der Waals surface area contributed by atoms with Crippen LogP contribution in [0.25, 0.3) is 0 Å². The maximum Gasteiger partial charge on any atom is 0.149 e. The van der Waals surface area contributed by atoms with E-state index in [0.29, 0.717) is 11.4 Å². The second kappa shape index (κ2) is 3.39. The number of rotatable bonds is 1. The van der Waals surface area contributed by atoms with Crippen molar-refractivity contribution in [1.82, 2.24) is 4.98 Å². The lowest BCUT2D eigenvalue weighted by Crippen LogP contribution is -2.09. The van der Waals surface area contributed by atoms with Gasteiger partial charge in [0.25, 0.3) is 0 Å². The van der Waals surface area contributed by atoms with E-state index in [1.54, 1.807) is 13.0 Å². The Balaban J connectivity index is 3.30. The fourth-order valence-corrected chi connectivity index (χ4v) is 1.12. The van der Waals surface area contributed by atoms with Crippen LogP contribution in [0.3, 0.4) is 0 Å². The summed E-state index contributed by atoms with van der Waals surface area (Å²) in [6, 6.07) is 3.61. The Kier molecular flexibility index (Phi) is 2.48. The van der Waals surface area contributed by atoms with Crippen LogP contribution in [0.15, 0.2) is 6.07 Å². The van der Waals surface area contributed by atoms with Crippen LogP contribution in [0.4, 0.5) is 5.82 Å². The van der Waals surface area contributed by atoms with E-state index >= 15 is 0 Å². The molecule has 1 aromatic rings. The van der Waals surface area contributed by atoms with Crippen molar-refractivity contribution in [2.45, 2.75) is 6.92 Å².